The number of carbonyl (C=O) groups excluding carboxylic acids is 1. The van der Waals surface area contributed by atoms with E-state index in [1.165, 1.54) is 0 Å². The second-order valence-corrected chi connectivity index (χ2v) is 7.04. The minimum atomic E-state index is -0.905. The molecule has 1 aromatic heterocycles. The van der Waals surface area contributed by atoms with Crippen LogP contribution in [0.1, 0.15) is 32.8 Å². The van der Waals surface area contributed by atoms with E-state index in [1.54, 1.807) is 18.3 Å². The Morgan fingerprint density at radius 1 is 1.32 bits per heavy atom. The monoisotopic (exact) mass is 319 g/mol. The average molecular weight is 319 g/mol. The van der Waals surface area contributed by atoms with Crippen LogP contribution in [0.25, 0.3) is 10.1 Å². The molecule has 1 heterocycles. The van der Waals surface area contributed by atoms with Crippen LogP contribution in [0.15, 0.2) is 29.6 Å². The molecule has 4 nitrogen and oxygen atoms in total. The number of nitrogens with one attached hydrogen (secondary N) is 1. The Labute approximate surface area is 134 Å². The van der Waals surface area contributed by atoms with Crippen LogP contribution in [-0.2, 0) is 16.0 Å². The van der Waals surface area contributed by atoms with Crippen molar-refractivity contribution < 1.29 is 14.7 Å². The predicted octanol–water partition coefficient (Wildman–Crippen LogP) is 3.45. The van der Waals surface area contributed by atoms with Gasteiger partial charge in [-0.25, -0.2) is 0 Å². The van der Waals surface area contributed by atoms with Crippen molar-refractivity contribution >= 4 is 33.3 Å². The van der Waals surface area contributed by atoms with Crippen molar-refractivity contribution in [2.45, 2.75) is 39.2 Å². The van der Waals surface area contributed by atoms with Gasteiger partial charge >= 0.3 is 5.97 Å². The number of hydrogen-bond acceptors (Lipinski definition) is 3. The summed E-state index contributed by atoms with van der Waals surface area (Å²) in [7, 11) is 0. The van der Waals surface area contributed by atoms with E-state index in [0.717, 1.165) is 15.6 Å². The highest BCUT2D eigenvalue weighted by Gasteiger charge is 2.32. The number of carboxylic acid groups (broad SMARTS) is 1. The molecule has 0 saturated heterocycles. The lowest BCUT2D eigenvalue weighted by molar-refractivity contribution is -0.139. The molecule has 5 heteroatoms. The van der Waals surface area contributed by atoms with Gasteiger partial charge in [0.15, 0.2) is 0 Å². The fraction of sp³-hybridized carbons (Fsp3) is 0.412. The maximum Gasteiger partial charge on any atom is 0.305 e. The quantitative estimate of drug-likeness (QED) is 0.857. The third-order valence-corrected chi connectivity index (χ3v) is 5.14. The van der Waals surface area contributed by atoms with Gasteiger partial charge in [0.05, 0.1) is 12.8 Å². The smallest absolute Gasteiger partial charge is 0.305 e. The molecule has 1 aromatic carbocycles. The Kier molecular flexibility index (Phi) is 4.86. The molecule has 0 radical (unpaired) electrons. The van der Waals surface area contributed by atoms with E-state index in [0.29, 0.717) is 0 Å². The Hall–Kier alpha value is -1.88. The van der Waals surface area contributed by atoms with Gasteiger partial charge < -0.3 is 10.4 Å². The van der Waals surface area contributed by atoms with E-state index in [4.69, 9.17) is 5.11 Å². The number of aliphatic carboxylic acids is 1. The van der Waals surface area contributed by atoms with Crippen LogP contribution in [0, 0.1) is 5.92 Å². The zero-order chi connectivity index (χ0) is 16.3. The van der Waals surface area contributed by atoms with Crippen LogP contribution < -0.4 is 5.32 Å². The number of carbonyl (C=O) groups is 2. The van der Waals surface area contributed by atoms with Crippen molar-refractivity contribution in [3.05, 3.63) is 35.2 Å². The van der Waals surface area contributed by atoms with Gasteiger partial charge in [-0.3, -0.25) is 9.59 Å². The summed E-state index contributed by atoms with van der Waals surface area (Å²) in [5, 5.41) is 15.1. The van der Waals surface area contributed by atoms with Gasteiger partial charge in [0.2, 0.25) is 5.91 Å². The molecule has 0 aliphatic heterocycles. The van der Waals surface area contributed by atoms with E-state index >= 15 is 0 Å². The predicted molar refractivity (Wildman–Crippen MR) is 89.2 cm³/mol. The van der Waals surface area contributed by atoms with Crippen LogP contribution in [-0.4, -0.2) is 22.5 Å². The molecular weight excluding hydrogens is 298 g/mol. The molecule has 1 amide bonds. The number of carboxylic acids is 1. The van der Waals surface area contributed by atoms with E-state index in [9.17, 15) is 9.59 Å². The standard InChI is InChI=1S/C17H21NO3S/c1-11(2)17(3,9-16(20)21)18-15(19)8-12-10-22-14-7-5-4-6-13(12)14/h4-7,10-11H,8-9H2,1-3H3,(H,18,19)(H,20,21). The second kappa shape index (κ2) is 6.48. The zero-order valence-corrected chi connectivity index (χ0v) is 13.9. The molecule has 2 rings (SSSR count). The normalized spacial score (nSPS) is 14.0. The minimum Gasteiger partial charge on any atom is -0.481 e. The van der Waals surface area contributed by atoms with Crippen molar-refractivity contribution in [2.24, 2.45) is 5.92 Å². The summed E-state index contributed by atoms with van der Waals surface area (Å²) >= 11 is 1.62. The van der Waals surface area contributed by atoms with Gasteiger partial charge in [-0.2, -0.15) is 0 Å². The van der Waals surface area contributed by atoms with Crippen molar-refractivity contribution in [1.29, 1.82) is 0 Å². The van der Waals surface area contributed by atoms with Crippen LogP contribution in [0.5, 0.6) is 0 Å². The molecule has 0 saturated carbocycles. The molecule has 1 unspecified atom stereocenters. The summed E-state index contributed by atoms with van der Waals surface area (Å²) in [6.07, 6.45) is 0.187. The highest BCUT2D eigenvalue weighted by atomic mass is 32.1. The maximum atomic E-state index is 12.4. The van der Waals surface area contributed by atoms with E-state index in [-0.39, 0.29) is 24.7 Å². The van der Waals surface area contributed by atoms with E-state index in [1.807, 2.05) is 43.5 Å². The molecule has 2 N–H and O–H groups in total. The summed E-state index contributed by atoms with van der Waals surface area (Å²) in [5.41, 5.74) is 0.244. The number of hydrogen-bond donors (Lipinski definition) is 2. The Bertz CT molecular complexity index is 692. The first-order chi connectivity index (χ1) is 10.3. The lowest BCUT2D eigenvalue weighted by Crippen LogP contribution is -2.51. The van der Waals surface area contributed by atoms with Crippen LogP contribution in [0.4, 0.5) is 0 Å². The Morgan fingerprint density at radius 2 is 2.00 bits per heavy atom. The second-order valence-electron chi connectivity index (χ2n) is 6.12. The Morgan fingerprint density at radius 3 is 2.64 bits per heavy atom. The molecule has 118 valence electrons. The molecule has 0 aliphatic carbocycles. The van der Waals surface area contributed by atoms with Gasteiger partial charge in [-0.1, -0.05) is 32.0 Å². The molecule has 0 bridgehead atoms. The van der Waals surface area contributed by atoms with Gasteiger partial charge in [0.1, 0.15) is 0 Å². The number of fused-ring (bicyclic) bond motifs is 1. The van der Waals surface area contributed by atoms with Crippen molar-refractivity contribution in [3.8, 4) is 0 Å². The lowest BCUT2D eigenvalue weighted by Gasteiger charge is -2.33. The number of thiophene rings is 1. The third-order valence-electron chi connectivity index (χ3n) is 4.13. The summed E-state index contributed by atoms with van der Waals surface area (Å²) in [4.78, 5) is 23.4. The SMILES string of the molecule is CC(C)C(C)(CC(=O)O)NC(=O)Cc1csc2ccccc12. The topological polar surface area (TPSA) is 66.4 Å². The van der Waals surface area contributed by atoms with E-state index < -0.39 is 11.5 Å². The molecule has 1 atom stereocenters. The summed E-state index contributed by atoms with van der Waals surface area (Å²) < 4.78 is 1.16. The number of rotatable bonds is 6. The van der Waals surface area contributed by atoms with Crippen LogP contribution in [0.2, 0.25) is 0 Å². The summed E-state index contributed by atoms with van der Waals surface area (Å²) in [6, 6.07) is 7.97. The first kappa shape index (κ1) is 16.5. The molecule has 2 aromatic rings. The van der Waals surface area contributed by atoms with E-state index in [2.05, 4.69) is 5.32 Å². The molecule has 22 heavy (non-hydrogen) atoms. The highest BCUT2D eigenvalue weighted by Crippen LogP contribution is 2.26. The maximum absolute atomic E-state index is 12.4. The van der Waals surface area contributed by atoms with Crippen molar-refractivity contribution in [2.75, 3.05) is 0 Å². The van der Waals surface area contributed by atoms with Gasteiger partial charge in [-0.15, -0.1) is 11.3 Å². The number of amides is 1. The van der Waals surface area contributed by atoms with Gasteiger partial charge in [0.25, 0.3) is 0 Å². The highest BCUT2D eigenvalue weighted by molar-refractivity contribution is 7.17. The fourth-order valence-electron chi connectivity index (χ4n) is 2.41. The average Bonchev–Trinajstić information content (AvgIpc) is 2.81. The molecular formula is C17H21NO3S. The van der Waals surface area contributed by atoms with Gasteiger partial charge in [-0.05, 0) is 35.2 Å². The first-order valence-electron chi connectivity index (χ1n) is 7.30. The molecule has 0 spiro atoms. The van der Waals surface area contributed by atoms with Crippen LogP contribution >= 0.6 is 11.3 Å². The number of benzene rings is 1. The lowest BCUT2D eigenvalue weighted by atomic mass is 9.85. The van der Waals surface area contributed by atoms with Gasteiger partial charge in [0, 0.05) is 10.2 Å². The first-order valence-corrected chi connectivity index (χ1v) is 8.17. The summed E-state index contributed by atoms with van der Waals surface area (Å²) in [5.74, 6) is -1.01. The summed E-state index contributed by atoms with van der Waals surface area (Å²) in [6.45, 7) is 5.63. The van der Waals surface area contributed by atoms with Crippen LogP contribution in [0.3, 0.4) is 0 Å². The third kappa shape index (κ3) is 3.65. The van der Waals surface area contributed by atoms with Crippen molar-refractivity contribution in [3.63, 3.8) is 0 Å². The zero-order valence-electron chi connectivity index (χ0n) is 13.1. The Balaban J connectivity index is 2.13. The van der Waals surface area contributed by atoms with Crippen molar-refractivity contribution in [1.82, 2.24) is 5.32 Å². The molecule has 0 fully saturated rings. The minimum absolute atomic E-state index is 0.0340. The molecule has 0 aliphatic rings. The fourth-order valence-corrected chi connectivity index (χ4v) is 3.37. The largest absolute Gasteiger partial charge is 0.481 e.